The number of carbonyl (C=O) groups is 1. The second kappa shape index (κ2) is 16.2. The number of rotatable bonds is 10. The van der Waals surface area contributed by atoms with Gasteiger partial charge in [-0.1, -0.05) is 0 Å². The number of amides is 1. The van der Waals surface area contributed by atoms with E-state index in [2.05, 4.69) is 5.32 Å². The number of methoxy groups -OCH3 is 1. The summed E-state index contributed by atoms with van der Waals surface area (Å²) >= 11 is 0. The van der Waals surface area contributed by atoms with E-state index in [1.807, 2.05) is 0 Å². The molecular weight excluding hydrogens is 658 g/mol. The molecule has 0 radical (unpaired) electrons. The van der Waals surface area contributed by atoms with Gasteiger partial charge in [0.25, 0.3) is 0 Å². The molecule has 0 saturated carbocycles. The van der Waals surface area contributed by atoms with Crippen LogP contribution in [-0.4, -0.2) is 182 Å². The molecule has 49 heavy (non-hydrogen) atoms. The normalized spacial score (nSPS) is 49.8. The Morgan fingerprint density at radius 1 is 0.571 bits per heavy atom. The van der Waals surface area contributed by atoms with Crippen LogP contribution in [-0.2, 0) is 42.7 Å². The van der Waals surface area contributed by atoms with E-state index >= 15 is 0 Å². The SMILES string of the molecule is COC1[C@H](O[C@H]2C(O)[C@H](O[C@H]3[C@H](O)C(OC4C(C)OC(C)[C@H](O)[C@H]4O)OC(C)[C@@H]3O)OC(C)[C@@H]2O)OC(C)[C@H](NC(=O)CC(C)(C)O)[C@@H]1O. The smallest absolute Gasteiger partial charge is 0.223 e. The van der Waals surface area contributed by atoms with E-state index < -0.39 is 134 Å². The zero-order valence-electron chi connectivity index (χ0n) is 29.0. The summed E-state index contributed by atoms with van der Waals surface area (Å²) in [7, 11) is 1.28. The van der Waals surface area contributed by atoms with Crippen molar-refractivity contribution in [3.05, 3.63) is 0 Å². The highest BCUT2D eigenvalue weighted by Crippen LogP contribution is 2.34. The van der Waals surface area contributed by atoms with Crippen LogP contribution < -0.4 is 5.32 Å². The van der Waals surface area contributed by atoms with Gasteiger partial charge in [-0.2, -0.15) is 0 Å². The summed E-state index contributed by atoms with van der Waals surface area (Å²) in [6.07, 6.45) is -24.5. The van der Waals surface area contributed by atoms with Crippen molar-refractivity contribution in [1.29, 1.82) is 0 Å². The van der Waals surface area contributed by atoms with Crippen molar-refractivity contribution in [3.8, 4) is 0 Å². The monoisotopic (exact) mass is 713 g/mol. The van der Waals surface area contributed by atoms with Gasteiger partial charge in [0.15, 0.2) is 18.9 Å². The molecule has 18 nitrogen and oxygen atoms in total. The highest BCUT2D eigenvalue weighted by molar-refractivity contribution is 5.77. The Hall–Kier alpha value is -1.17. The van der Waals surface area contributed by atoms with Crippen LogP contribution in [0.25, 0.3) is 0 Å². The molecule has 0 aromatic rings. The van der Waals surface area contributed by atoms with Crippen molar-refractivity contribution in [2.24, 2.45) is 0 Å². The van der Waals surface area contributed by atoms with Gasteiger partial charge in [0.1, 0.15) is 67.1 Å². The number of nitrogens with one attached hydrogen (secondary N) is 1. The first kappa shape index (κ1) is 40.6. The van der Waals surface area contributed by atoms with Gasteiger partial charge in [0.2, 0.25) is 5.91 Å². The predicted octanol–water partition coefficient (Wildman–Crippen LogP) is -3.63. The summed E-state index contributed by atoms with van der Waals surface area (Å²) in [5.41, 5.74) is -1.29. The summed E-state index contributed by atoms with van der Waals surface area (Å²) in [5.74, 6) is -0.533. The van der Waals surface area contributed by atoms with Gasteiger partial charge in [0, 0.05) is 7.11 Å². The van der Waals surface area contributed by atoms with Crippen LogP contribution in [0.1, 0.15) is 54.9 Å². The molecule has 1 amide bonds. The van der Waals surface area contributed by atoms with Crippen molar-refractivity contribution in [1.82, 2.24) is 5.32 Å². The van der Waals surface area contributed by atoms with Crippen molar-refractivity contribution in [2.75, 3.05) is 7.11 Å². The third-order valence-electron chi connectivity index (χ3n) is 9.52. The summed E-state index contributed by atoms with van der Waals surface area (Å²) in [4.78, 5) is 12.5. The van der Waals surface area contributed by atoms with E-state index in [0.29, 0.717) is 0 Å². The van der Waals surface area contributed by atoms with Gasteiger partial charge in [0.05, 0.1) is 48.6 Å². The largest absolute Gasteiger partial charge is 0.390 e. The molecule has 286 valence electrons. The van der Waals surface area contributed by atoms with Crippen LogP contribution in [0.2, 0.25) is 0 Å². The molecule has 4 aliphatic heterocycles. The number of hydrogen-bond donors (Lipinski definition) is 9. The number of hydrogen-bond acceptors (Lipinski definition) is 17. The molecule has 18 heteroatoms. The van der Waals surface area contributed by atoms with Crippen molar-refractivity contribution in [3.63, 3.8) is 0 Å². The maximum atomic E-state index is 12.5. The molecule has 0 bridgehead atoms. The topological polar surface area (TPSA) is 265 Å². The van der Waals surface area contributed by atoms with Crippen molar-refractivity contribution in [2.45, 2.75) is 183 Å². The summed E-state index contributed by atoms with van der Waals surface area (Å²) in [5, 5.41) is 89.2. The van der Waals surface area contributed by atoms with Crippen LogP contribution in [0, 0.1) is 0 Å². The van der Waals surface area contributed by atoms with Crippen LogP contribution in [0.3, 0.4) is 0 Å². The van der Waals surface area contributed by atoms with Crippen LogP contribution in [0.5, 0.6) is 0 Å². The zero-order chi connectivity index (χ0) is 36.7. The second-order valence-electron chi connectivity index (χ2n) is 14.2. The summed E-state index contributed by atoms with van der Waals surface area (Å²) in [6.45, 7) is 10.7. The Morgan fingerprint density at radius 2 is 1.02 bits per heavy atom. The van der Waals surface area contributed by atoms with E-state index in [-0.39, 0.29) is 6.42 Å². The van der Waals surface area contributed by atoms with Gasteiger partial charge in [-0.3, -0.25) is 4.79 Å². The lowest BCUT2D eigenvalue weighted by Crippen LogP contribution is -2.67. The third kappa shape index (κ3) is 9.08. The van der Waals surface area contributed by atoms with E-state index in [0.717, 1.165) is 0 Å². The van der Waals surface area contributed by atoms with Gasteiger partial charge < -0.3 is 84.1 Å². The molecular formula is C31H55NO17. The second-order valence-corrected chi connectivity index (χ2v) is 14.2. The average molecular weight is 714 g/mol. The maximum absolute atomic E-state index is 12.5. The first-order chi connectivity index (χ1) is 22.7. The van der Waals surface area contributed by atoms with Gasteiger partial charge in [-0.15, -0.1) is 0 Å². The highest BCUT2D eigenvalue weighted by Gasteiger charge is 2.54. The fourth-order valence-corrected chi connectivity index (χ4v) is 6.65. The number of aliphatic hydroxyl groups excluding tert-OH is 7. The van der Waals surface area contributed by atoms with Crippen molar-refractivity contribution >= 4 is 5.91 Å². The number of ether oxygens (including phenoxy) is 8. The van der Waals surface area contributed by atoms with E-state index in [1.54, 1.807) is 20.8 Å². The molecule has 0 aliphatic carbocycles. The Bertz CT molecular complexity index is 1080. The molecule has 9 N–H and O–H groups in total. The van der Waals surface area contributed by atoms with E-state index in [9.17, 15) is 45.6 Å². The Labute approximate surface area is 285 Å². The summed E-state index contributed by atoms with van der Waals surface area (Å²) in [6, 6.07) is -0.955. The lowest BCUT2D eigenvalue weighted by atomic mass is 9.94. The lowest BCUT2D eigenvalue weighted by Gasteiger charge is -2.49. The minimum Gasteiger partial charge on any atom is -0.390 e. The summed E-state index contributed by atoms with van der Waals surface area (Å²) < 4.78 is 46.2. The van der Waals surface area contributed by atoms with Gasteiger partial charge in [-0.05, 0) is 48.5 Å². The average Bonchev–Trinajstić information content (AvgIpc) is 3.00. The van der Waals surface area contributed by atoms with Crippen LogP contribution in [0.4, 0.5) is 0 Å². The first-order valence-corrected chi connectivity index (χ1v) is 16.6. The molecule has 4 rings (SSSR count). The minimum absolute atomic E-state index is 0.235. The maximum Gasteiger partial charge on any atom is 0.223 e. The van der Waals surface area contributed by atoms with E-state index in [4.69, 9.17) is 37.9 Å². The van der Waals surface area contributed by atoms with Crippen LogP contribution >= 0.6 is 0 Å². The molecule has 0 spiro atoms. The molecule has 4 heterocycles. The standard InChI is InChI=1S/C31H55NO17/c1-10-16(32-15(33)9-31(6,7)41)20(37)27(42-8)30(44-10)49-26-19(36)13(4)46-29(23(26)40)48-25-18(35)12(3)45-28(22(25)39)47-24-14(5)43-11(2)17(34)21(24)38/h10-14,16-30,34-41H,9H2,1-8H3,(H,32,33)/t10?,11?,12?,13?,14?,16-,17-,18-,19-,20-,21+,22-,23?,24?,25+,26+,27?,28?,29-,30-/m0/s1. The third-order valence-corrected chi connectivity index (χ3v) is 9.52. The molecule has 0 aromatic heterocycles. The van der Waals surface area contributed by atoms with Crippen LogP contribution in [0.15, 0.2) is 0 Å². The minimum atomic E-state index is -1.74. The number of carbonyl (C=O) groups excluding carboxylic acids is 1. The Kier molecular flexibility index (Phi) is 13.5. The fourth-order valence-electron chi connectivity index (χ4n) is 6.65. The Morgan fingerprint density at radius 3 is 1.51 bits per heavy atom. The number of aliphatic hydroxyl groups is 8. The fraction of sp³-hybridized carbons (Fsp3) is 0.968. The molecule has 4 aliphatic rings. The molecule has 20 atom stereocenters. The molecule has 4 fully saturated rings. The molecule has 4 saturated heterocycles. The highest BCUT2D eigenvalue weighted by atomic mass is 16.8. The van der Waals surface area contributed by atoms with Gasteiger partial charge in [-0.25, -0.2) is 0 Å². The molecule has 9 unspecified atom stereocenters. The molecule has 0 aromatic carbocycles. The lowest BCUT2D eigenvalue weighted by molar-refractivity contribution is -0.380. The quantitative estimate of drug-likeness (QED) is 0.106. The van der Waals surface area contributed by atoms with Gasteiger partial charge >= 0.3 is 0 Å². The predicted molar refractivity (Wildman–Crippen MR) is 163 cm³/mol. The van der Waals surface area contributed by atoms with E-state index in [1.165, 1.54) is 34.8 Å². The Balaban J connectivity index is 1.46. The van der Waals surface area contributed by atoms with Crippen molar-refractivity contribution < 1.29 is 83.5 Å². The zero-order valence-corrected chi connectivity index (χ0v) is 29.0. The first-order valence-electron chi connectivity index (χ1n) is 16.6.